The lowest BCUT2D eigenvalue weighted by Crippen LogP contribution is -2.27. The number of sulfonamides is 1. The van der Waals surface area contributed by atoms with Crippen LogP contribution in [0.1, 0.15) is 16.1 Å². The third-order valence-electron chi connectivity index (χ3n) is 3.93. The molecule has 0 saturated heterocycles. The Kier molecular flexibility index (Phi) is 4.69. The fourth-order valence-corrected chi connectivity index (χ4v) is 3.33. The van der Waals surface area contributed by atoms with Gasteiger partial charge in [-0.15, -0.1) is 0 Å². The van der Waals surface area contributed by atoms with E-state index in [2.05, 4.69) is 10.0 Å². The molecule has 0 spiro atoms. The molecule has 134 valence electrons. The van der Waals surface area contributed by atoms with Gasteiger partial charge in [0.1, 0.15) is 10.6 Å². The molecule has 0 unspecified atom stereocenters. The lowest BCUT2D eigenvalue weighted by Gasteiger charge is -2.06. The predicted molar refractivity (Wildman–Crippen MR) is 90.3 cm³/mol. The van der Waals surface area contributed by atoms with Gasteiger partial charge in [-0.3, -0.25) is 4.79 Å². The number of amides is 1. The highest BCUT2D eigenvalue weighted by atomic mass is 32.2. The summed E-state index contributed by atoms with van der Waals surface area (Å²) >= 11 is 0. The minimum Gasteiger partial charge on any atom is -0.454 e. The summed E-state index contributed by atoms with van der Waals surface area (Å²) in [6.07, 6.45) is 2.02. The zero-order valence-electron chi connectivity index (χ0n) is 13.9. The van der Waals surface area contributed by atoms with Gasteiger partial charge in [-0.05, 0) is 37.2 Å². The van der Waals surface area contributed by atoms with Gasteiger partial charge in [-0.1, -0.05) is 6.07 Å². The quantitative estimate of drug-likeness (QED) is 0.783. The number of benzene rings is 1. The van der Waals surface area contributed by atoms with Crippen LogP contribution in [0.3, 0.4) is 0 Å². The van der Waals surface area contributed by atoms with E-state index in [-0.39, 0.29) is 23.3 Å². The highest BCUT2D eigenvalue weighted by Crippen LogP contribution is 2.32. The van der Waals surface area contributed by atoms with Gasteiger partial charge in [0.05, 0.1) is 0 Å². The molecule has 0 radical (unpaired) electrons. The molecule has 2 N–H and O–H groups in total. The molecule has 0 aliphatic carbocycles. The maximum absolute atomic E-state index is 12.3. The summed E-state index contributed by atoms with van der Waals surface area (Å²) in [4.78, 5) is 12.3. The first-order chi connectivity index (χ1) is 11.9. The molecule has 1 aliphatic heterocycles. The molecule has 1 aromatic carbocycles. The topological polar surface area (TPSA) is 98.7 Å². The first-order valence-electron chi connectivity index (χ1n) is 7.67. The SMILES string of the molecule is CNS(=O)(=O)c1cc(C(=O)NCCc2ccc3c(c2)OCO3)n(C)c1. The van der Waals surface area contributed by atoms with Crippen molar-refractivity contribution in [1.82, 2.24) is 14.6 Å². The maximum Gasteiger partial charge on any atom is 0.267 e. The van der Waals surface area contributed by atoms with Crippen LogP contribution < -0.4 is 19.5 Å². The van der Waals surface area contributed by atoms with E-state index in [0.717, 1.165) is 11.3 Å². The summed E-state index contributed by atoms with van der Waals surface area (Å²) in [6.45, 7) is 0.638. The first kappa shape index (κ1) is 17.3. The highest BCUT2D eigenvalue weighted by molar-refractivity contribution is 7.89. The van der Waals surface area contributed by atoms with Gasteiger partial charge in [0.2, 0.25) is 16.8 Å². The van der Waals surface area contributed by atoms with E-state index in [1.54, 1.807) is 7.05 Å². The number of carbonyl (C=O) groups is 1. The molecule has 8 nitrogen and oxygen atoms in total. The zero-order valence-corrected chi connectivity index (χ0v) is 14.7. The van der Waals surface area contributed by atoms with Crippen molar-refractivity contribution in [3.05, 3.63) is 41.7 Å². The Balaban J connectivity index is 1.61. The van der Waals surface area contributed by atoms with Crippen molar-refractivity contribution >= 4 is 15.9 Å². The van der Waals surface area contributed by atoms with Crippen LogP contribution in [0.5, 0.6) is 11.5 Å². The van der Waals surface area contributed by atoms with Crippen molar-refractivity contribution in [2.45, 2.75) is 11.3 Å². The van der Waals surface area contributed by atoms with E-state index in [0.29, 0.717) is 18.7 Å². The van der Waals surface area contributed by atoms with Crippen molar-refractivity contribution in [1.29, 1.82) is 0 Å². The number of hydrogen-bond acceptors (Lipinski definition) is 5. The van der Waals surface area contributed by atoms with Crippen molar-refractivity contribution in [3.8, 4) is 11.5 Å². The maximum atomic E-state index is 12.3. The van der Waals surface area contributed by atoms with E-state index >= 15 is 0 Å². The van der Waals surface area contributed by atoms with Crippen molar-refractivity contribution < 1.29 is 22.7 Å². The number of rotatable bonds is 6. The number of aryl methyl sites for hydroxylation is 1. The predicted octanol–water partition coefficient (Wildman–Crippen LogP) is 0.634. The van der Waals surface area contributed by atoms with E-state index < -0.39 is 10.0 Å². The van der Waals surface area contributed by atoms with Gasteiger partial charge in [0.15, 0.2) is 11.5 Å². The summed E-state index contributed by atoms with van der Waals surface area (Å²) in [5.74, 6) is 1.09. The molecule has 9 heteroatoms. The fraction of sp³-hybridized carbons (Fsp3) is 0.312. The standard InChI is InChI=1S/C16H19N3O5S/c1-17-25(21,22)12-8-13(19(2)9-12)16(20)18-6-5-11-3-4-14-15(7-11)24-10-23-14/h3-4,7-9,17H,5-6,10H2,1-2H3,(H,18,20). The molecule has 25 heavy (non-hydrogen) atoms. The van der Waals surface area contributed by atoms with Gasteiger partial charge in [0, 0.05) is 19.8 Å². The van der Waals surface area contributed by atoms with Crippen LogP contribution in [0.15, 0.2) is 35.4 Å². The largest absolute Gasteiger partial charge is 0.454 e. The molecule has 0 saturated carbocycles. The molecular formula is C16H19N3O5S. The molecule has 2 aromatic rings. The molecule has 1 aliphatic rings. The van der Waals surface area contributed by atoms with Gasteiger partial charge in [-0.25, -0.2) is 13.1 Å². The molecule has 0 atom stereocenters. The number of nitrogens with one attached hydrogen (secondary N) is 2. The van der Waals surface area contributed by atoms with Crippen LogP contribution >= 0.6 is 0 Å². The zero-order chi connectivity index (χ0) is 18.0. The summed E-state index contributed by atoms with van der Waals surface area (Å²) in [7, 11) is -0.626. The molecule has 1 aromatic heterocycles. The molecule has 0 bridgehead atoms. The number of hydrogen-bond donors (Lipinski definition) is 2. The van der Waals surface area contributed by atoms with Crippen molar-refractivity contribution in [3.63, 3.8) is 0 Å². The van der Waals surface area contributed by atoms with Crippen LogP contribution in [0.25, 0.3) is 0 Å². The number of aromatic nitrogens is 1. The van der Waals surface area contributed by atoms with Crippen molar-refractivity contribution in [2.24, 2.45) is 7.05 Å². The monoisotopic (exact) mass is 365 g/mol. The average molecular weight is 365 g/mol. The number of ether oxygens (including phenoxy) is 2. The third-order valence-corrected chi connectivity index (χ3v) is 5.31. The molecule has 2 heterocycles. The second-order valence-corrected chi connectivity index (χ2v) is 7.46. The Morgan fingerprint density at radius 2 is 2.00 bits per heavy atom. The Hall–Kier alpha value is -2.52. The second kappa shape index (κ2) is 6.77. The van der Waals surface area contributed by atoms with Gasteiger partial charge in [0.25, 0.3) is 5.91 Å². The Morgan fingerprint density at radius 3 is 2.76 bits per heavy atom. The average Bonchev–Trinajstić information content (AvgIpc) is 3.21. The van der Waals surface area contributed by atoms with Crippen LogP contribution in [0, 0.1) is 0 Å². The molecule has 3 rings (SSSR count). The molecular weight excluding hydrogens is 346 g/mol. The van der Waals surface area contributed by atoms with Crippen LogP contribution in [-0.2, 0) is 23.5 Å². The highest BCUT2D eigenvalue weighted by Gasteiger charge is 2.19. The Bertz CT molecular complexity index is 904. The van der Waals surface area contributed by atoms with Gasteiger partial charge < -0.3 is 19.4 Å². The van der Waals surface area contributed by atoms with Crippen LogP contribution in [0.2, 0.25) is 0 Å². The lowest BCUT2D eigenvalue weighted by atomic mass is 10.1. The van der Waals surface area contributed by atoms with Gasteiger partial charge >= 0.3 is 0 Å². The first-order valence-corrected chi connectivity index (χ1v) is 9.15. The summed E-state index contributed by atoms with van der Waals surface area (Å²) in [6, 6.07) is 6.99. The van der Waals surface area contributed by atoms with E-state index in [9.17, 15) is 13.2 Å². The number of fused-ring (bicyclic) bond motifs is 1. The van der Waals surface area contributed by atoms with E-state index in [4.69, 9.17) is 9.47 Å². The van der Waals surface area contributed by atoms with Crippen LogP contribution in [0.4, 0.5) is 0 Å². The second-order valence-electron chi connectivity index (χ2n) is 5.57. The fourth-order valence-electron chi connectivity index (χ4n) is 2.53. The van der Waals surface area contributed by atoms with E-state index in [1.807, 2.05) is 18.2 Å². The minimum atomic E-state index is -3.58. The normalized spacial score (nSPS) is 13.0. The Morgan fingerprint density at radius 1 is 1.24 bits per heavy atom. The van der Waals surface area contributed by atoms with E-state index in [1.165, 1.54) is 23.9 Å². The Labute approximate surface area is 145 Å². The van der Waals surface area contributed by atoms with Crippen molar-refractivity contribution in [2.75, 3.05) is 20.4 Å². The molecule has 0 fully saturated rings. The number of nitrogens with zero attached hydrogens (tertiary/aromatic N) is 1. The van der Waals surface area contributed by atoms with Gasteiger partial charge in [-0.2, -0.15) is 0 Å². The summed E-state index contributed by atoms with van der Waals surface area (Å²) in [5.41, 5.74) is 1.29. The lowest BCUT2D eigenvalue weighted by molar-refractivity contribution is 0.0946. The third kappa shape index (κ3) is 3.62. The number of carbonyl (C=O) groups excluding carboxylic acids is 1. The molecule has 1 amide bonds. The van der Waals surface area contributed by atoms with Crippen LogP contribution in [-0.4, -0.2) is 39.3 Å². The minimum absolute atomic E-state index is 0.0541. The summed E-state index contributed by atoms with van der Waals surface area (Å²) < 4.78 is 37.9. The smallest absolute Gasteiger partial charge is 0.267 e. The summed E-state index contributed by atoms with van der Waals surface area (Å²) in [5, 5.41) is 2.79.